The molecule has 0 aliphatic rings. The molecule has 0 fully saturated rings. The number of aromatic nitrogens is 1. The lowest BCUT2D eigenvalue weighted by Gasteiger charge is -2.10. The van der Waals surface area contributed by atoms with Gasteiger partial charge in [-0.2, -0.15) is 0 Å². The monoisotopic (exact) mass is 300 g/mol. The molecule has 0 radical (unpaired) electrons. The molecule has 2 aromatic rings. The van der Waals surface area contributed by atoms with E-state index in [0.29, 0.717) is 11.4 Å². The number of rotatable bonds is 3. The summed E-state index contributed by atoms with van der Waals surface area (Å²) >= 11 is 11.7. The Balaban J connectivity index is 2.36. The number of pyridine rings is 1. The van der Waals surface area contributed by atoms with Crippen LogP contribution in [0.4, 0.5) is 15.8 Å². The van der Waals surface area contributed by atoms with Crippen molar-refractivity contribution in [1.29, 1.82) is 0 Å². The van der Waals surface area contributed by atoms with Crippen LogP contribution in [0.1, 0.15) is 10.5 Å². The highest BCUT2D eigenvalue weighted by atomic mass is 35.5. The van der Waals surface area contributed by atoms with Gasteiger partial charge in [-0.15, -0.1) is 0 Å². The SMILES string of the molecule is O=C(O)c1cc(Nc2c(Cl)cc(F)cc2Cl)ccn1. The fourth-order valence-corrected chi connectivity index (χ4v) is 1.99. The number of halogens is 3. The zero-order chi connectivity index (χ0) is 14.0. The summed E-state index contributed by atoms with van der Waals surface area (Å²) < 4.78 is 13.0. The molecule has 4 nitrogen and oxygen atoms in total. The van der Waals surface area contributed by atoms with Gasteiger partial charge in [-0.05, 0) is 24.3 Å². The Morgan fingerprint density at radius 2 is 1.89 bits per heavy atom. The highest BCUT2D eigenvalue weighted by molar-refractivity contribution is 6.39. The Morgan fingerprint density at radius 1 is 1.26 bits per heavy atom. The third kappa shape index (κ3) is 3.13. The molecule has 98 valence electrons. The summed E-state index contributed by atoms with van der Waals surface area (Å²) in [6.07, 6.45) is 1.33. The minimum absolute atomic E-state index is 0.0960. The fraction of sp³-hybridized carbons (Fsp3) is 0. The van der Waals surface area contributed by atoms with E-state index in [9.17, 15) is 9.18 Å². The second-order valence-electron chi connectivity index (χ2n) is 3.60. The number of carboxylic acid groups (broad SMARTS) is 1. The molecule has 0 saturated heterocycles. The molecular formula is C12H7Cl2FN2O2. The van der Waals surface area contributed by atoms with Crippen molar-refractivity contribution in [2.45, 2.75) is 0 Å². The van der Waals surface area contributed by atoms with Crippen LogP contribution in [0.15, 0.2) is 30.5 Å². The van der Waals surface area contributed by atoms with E-state index in [-0.39, 0.29) is 15.7 Å². The number of nitrogens with one attached hydrogen (secondary N) is 1. The van der Waals surface area contributed by atoms with Crippen molar-refractivity contribution >= 4 is 40.5 Å². The maximum absolute atomic E-state index is 13.0. The van der Waals surface area contributed by atoms with Crippen molar-refractivity contribution in [3.63, 3.8) is 0 Å². The molecule has 2 N–H and O–H groups in total. The van der Waals surface area contributed by atoms with E-state index in [4.69, 9.17) is 28.3 Å². The topological polar surface area (TPSA) is 62.2 Å². The third-order valence-corrected chi connectivity index (χ3v) is 2.85. The Labute approximate surface area is 117 Å². The molecule has 2 rings (SSSR count). The van der Waals surface area contributed by atoms with E-state index >= 15 is 0 Å². The average molecular weight is 301 g/mol. The van der Waals surface area contributed by atoms with Crippen LogP contribution in [0.2, 0.25) is 10.0 Å². The van der Waals surface area contributed by atoms with Gasteiger partial charge in [0.15, 0.2) is 0 Å². The maximum Gasteiger partial charge on any atom is 0.354 e. The fourth-order valence-electron chi connectivity index (χ4n) is 1.43. The predicted octanol–water partition coefficient (Wildman–Crippen LogP) is 3.97. The number of nitrogens with zero attached hydrogens (tertiary/aromatic N) is 1. The first-order chi connectivity index (χ1) is 8.97. The van der Waals surface area contributed by atoms with Gasteiger partial charge >= 0.3 is 5.97 Å². The number of hydrogen-bond donors (Lipinski definition) is 2. The minimum atomic E-state index is -1.15. The van der Waals surface area contributed by atoms with Crippen LogP contribution in [0.25, 0.3) is 0 Å². The third-order valence-electron chi connectivity index (χ3n) is 2.26. The van der Waals surface area contributed by atoms with Crippen LogP contribution in [0.3, 0.4) is 0 Å². The number of carboxylic acids is 1. The average Bonchev–Trinajstić information content (AvgIpc) is 2.34. The van der Waals surface area contributed by atoms with Gasteiger partial charge in [0.25, 0.3) is 0 Å². The molecule has 7 heteroatoms. The quantitative estimate of drug-likeness (QED) is 0.900. The molecule has 0 atom stereocenters. The number of carbonyl (C=O) groups is 1. The molecule has 1 heterocycles. The summed E-state index contributed by atoms with van der Waals surface area (Å²) in [5.41, 5.74) is 0.606. The number of benzene rings is 1. The van der Waals surface area contributed by atoms with Gasteiger partial charge in [-0.1, -0.05) is 23.2 Å². The summed E-state index contributed by atoms with van der Waals surface area (Å²) in [7, 11) is 0. The lowest BCUT2D eigenvalue weighted by Crippen LogP contribution is -2.01. The van der Waals surface area contributed by atoms with Crippen LogP contribution >= 0.6 is 23.2 Å². The Hall–Kier alpha value is -1.85. The van der Waals surface area contributed by atoms with Gasteiger partial charge in [-0.25, -0.2) is 14.2 Å². The standard InChI is InChI=1S/C12H7Cl2FN2O2/c13-8-3-6(15)4-9(14)11(8)17-7-1-2-16-10(5-7)12(18)19/h1-5H,(H,16,17)(H,18,19). The first kappa shape index (κ1) is 13.6. The van der Waals surface area contributed by atoms with Crippen molar-refractivity contribution in [1.82, 2.24) is 4.98 Å². The Bertz CT molecular complexity index is 626. The molecule has 0 unspecified atom stereocenters. The molecule has 0 aliphatic carbocycles. The molecule has 0 saturated carbocycles. The largest absolute Gasteiger partial charge is 0.477 e. The zero-order valence-corrected chi connectivity index (χ0v) is 10.8. The van der Waals surface area contributed by atoms with Crippen LogP contribution in [-0.4, -0.2) is 16.1 Å². The predicted molar refractivity (Wildman–Crippen MR) is 70.9 cm³/mol. The maximum atomic E-state index is 13.0. The molecule has 0 bridgehead atoms. The van der Waals surface area contributed by atoms with Crippen molar-refractivity contribution in [3.05, 3.63) is 52.0 Å². The number of anilines is 2. The summed E-state index contributed by atoms with van der Waals surface area (Å²) in [5.74, 6) is -1.71. The first-order valence-corrected chi connectivity index (χ1v) is 5.84. The highest BCUT2D eigenvalue weighted by Gasteiger charge is 2.10. The zero-order valence-electron chi connectivity index (χ0n) is 9.32. The molecule has 1 aromatic carbocycles. The van der Waals surface area contributed by atoms with Crippen LogP contribution in [0.5, 0.6) is 0 Å². The van der Waals surface area contributed by atoms with Crippen LogP contribution in [0, 0.1) is 5.82 Å². The van der Waals surface area contributed by atoms with E-state index in [2.05, 4.69) is 10.3 Å². The minimum Gasteiger partial charge on any atom is -0.477 e. The van der Waals surface area contributed by atoms with Crippen LogP contribution in [-0.2, 0) is 0 Å². The van der Waals surface area contributed by atoms with Gasteiger partial charge in [0.05, 0.1) is 15.7 Å². The molecule has 1 aromatic heterocycles. The van der Waals surface area contributed by atoms with Crippen molar-refractivity contribution < 1.29 is 14.3 Å². The molecular weight excluding hydrogens is 294 g/mol. The number of hydrogen-bond acceptors (Lipinski definition) is 3. The lowest BCUT2D eigenvalue weighted by atomic mass is 10.2. The Kier molecular flexibility index (Phi) is 3.87. The first-order valence-electron chi connectivity index (χ1n) is 5.08. The number of aromatic carboxylic acids is 1. The second-order valence-corrected chi connectivity index (χ2v) is 4.42. The van der Waals surface area contributed by atoms with Gasteiger partial charge < -0.3 is 10.4 Å². The summed E-state index contributed by atoms with van der Waals surface area (Å²) in [6, 6.07) is 5.07. The summed E-state index contributed by atoms with van der Waals surface area (Å²) in [4.78, 5) is 14.5. The van der Waals surface area contributed by atoms with Gasteiger partial charge in [-0.3, -0.25) is 0 Å². The molecule has 0 amide bonds. The van der Waals surface area contributed by atoms with Gasteiger partial charge in [0.2, 0.25) is 0 Å². The van der Waals surface area contributed by atoms with E-state index in [0.717, 1.165) is 12.1 Å². The Morgan fingerprint density at radius 3 is 2.47 bits per heavy atom. The van der Waals surface area contributed by atoms with Gasteiger partial charge in [0.1, 0.15) is 11.5 Å². The summed E-state index contributed by atoms with van der Waals surface area (Å²) in [5, 5.41) is 11.9. The molecule has 0 spiro atoms. The molecule has 19 heavy (non-hydrogen) atoms. The van der Waals surface area contributed by atoms with E-state index in [1.165, 1.54) is 12.3 Å². The highest BCUT2D eigenvalue weighted by Crippen LogP contribution is 2.33. The summed E-state index contributed by atoms with van der Waals surface area (Å²) in [6.45, 7) is 0. The van der Waals surface area contributed by atoms with E-state index in [1.54, 1.807) is 6.07 Å². The van der Waals surface area contributed by atoms with E-state index < -0.39 is 11.8 Å². The molecule has 0 aliphatic heterocycles. The van der Waals surface area contributed by atoms with Crippen LogP contribution < -0.4 is 5.32 Å². The van der Waals surface area contributed by atoms with Crippen molar-refractivity contribution in [2.75, 3.05) is 5.32 Å². The lowest BCUT2D eigenvalue weighted by molar-refractivity contribution is 0.0690. The smallest absolute Gasteiger partial charge is 0.354 e. The van der Waals surface area contributed by atoms with Crippen molar-refractivity contribution in [2.24, 2.45) is 0 Å². The normalized spacial score (nSPS) is 10.3. The second kappa shape index (κ2) is 5.42. The van der Waals surface area contributed by atoms with E-state index in [1.807, 2.05) is 0 Å². The van der Waals surface area contributed by atoms with Crippen molar-refractivity contribution in [3.8, 4) is 0 Å². The van der Waals surface area contributed by atoms with Gasteiger partial charge in [0, 0.05) is 11.9 Å².